The van der Waals surface area contributed by atoms with Gasteiger partial charge in [-0.25, -0.2) is 4.18 Å². The molecule has 8 atom stereocenters. The van der Waals surface area contributed by atoms with Gasteiger partial charge in [-0.1, -0.05) is 13.8 Å². The topological polar surface area (TPSA) is 101 Å². The molecule has 6 nitrogen and oxygen atoms in total. The second-order valence-electron chi connectivity index (χ2n) is 10.5. The molecular weight excluding hydrogens is 380 g/mol. The van der Waals surface area contributed by atoms with Gasteiger partial charge in [0.1, 0.15) is 5.78 Å². The lowest BCUT2D eigenvalue weighted by molar-refractivity contribution is -0.207. The molecule has 28 heavy (non-hydrogen) atoms. The van der Waals surface area contributed by atoms with Gasteiger partial charge in [-0.15, -0.1) is 0 Å². The van der Waals surface area contributed by atoms with Crippen molar-refractivity contribution >= 4 is 16.2 Å². The quantitative estimate of drug-likeness (QED) is 0.685. The summed E-state index contributed by atoms with van der Waals surface area (Å²) in [6.07, 6.45) is 6.28. The molecule has 2 unspecified atom stereocenters. The van der Waals surface area contributed by atoms with Crippen LogP contribution < -0.4 is 0 Å². The lowest BCUT2D eigenvalue weighted by Gasteiger charge is -2.64. The van der Waals surface area contributed by atoms with Crippen LogP contribution in [0.4, 0.5) is 0 Å². The van der Waals surface area contributed by atoms with E-state index in [0.717, 1.165) is 32.1 Å². The smallest absolute Gasteiger partial charge is 0.393 e. The normalized spacial score (nSPS) is 51.1. The van der Waals surface area contributed by atoms with Crippen molar-refractivity contribution in [2.75, 3.05) is 0 Å². The molecule has 4 fully saturated rings. The van der Waals surface area contributed by atoms with Crippen molar-refractivity contribution in [3.05, 3.63) is 0 Å². The maximum Gasteiger partial charge on any atom is 0.397 e. The Morgan fingerprint density at radius 3 is 2.36 bits per heavy atom. The van der Waals surface area contributed by atoms with Gasteiger partial charge < -0.3 is 5.11 Å². The average Bonchev–Trinajstić information content (AvgIpc) is 2.92. The number of hydrogen-bond donors (Lipinski definition) is 2. The van der Waals surface area contributed by atoms with Gasteiger partial charge in [0.25, 0.3) is 0 Å². The lowest BCUT2D eigenvalue weighted by Crippen LogP contribution is -2.64. The molecule has 4 aliphatic carbocycles. The van der Waals surface area contributed by atoms with Crippen molar-refractivity contribution in [2.24, 2.45) is 34.5 Å². The van der Waals surface area contributed by atoms with Gasteiger partial charge in [0.15, 0.2) is 0 Å². The molecule has 4 rings (SSSR count). The third kappa shape index (κ3) is 2.91. The molecule has 4 saturated carbocycles. The van der Waals surface area contributed by atoms with Crippen LogP contribution in [0, 0.1) is 34.5 Å². The molecule has 0 aliphatic heterocycles. The first kappa shape index (κ1) is 20.8. The summed E-state index contributed by atoms with van der Waals surface area (Å²) >= 11 is 0. The molecule has 0 spiro atoms. The Morgan fingerprint density at radius 1 is 1.00 bits per heavy atom. The monoisotopic (exact) mass is 414 g/mol. The fourth-order valence-corrected chi connectivity index (χ4v) is 8.99. The highest BCUT2D eigenvalue weighted by molar-refractivity contribution is 7.80. The number of rotatable bonds is 3. The van der Waals surface area contributed by atoms with Gasteiger partial charge in [-0.2, -0.15) is 8.42 Å². The first-order chi connectivity index (χ1) is 12.9. The Hall–Kier alpha value is -0.500. The third-order valence-electron chi connectivity index (χ3n) is 9.50. The third-order valence-corrected chi connectivity index (χ3v) is 10.0. The number of aliphatic hydroxyl groups excluding tert-OH is 1. The van der Waals surface area contributed by atoms with Crippen molar-refractivity contribution in [3.8, 4) is 0 Å². The molecule has 7 heteroatoms. The molecular formula is C21H34O6S. The highest BCUT2D eigenvalue weighted by Crippen LogP contribution is 2.69. The van der Waals surface area contributed by atoms with E-state index in [9.17, 15) is 22.9 Å². The Bertz CT molecular complexity index is 765. The minimum absolute atomic E-state index is 0.0431. The predicted molar refractivity (Wildman–Crippen MR) is 104 cm³/mol. The molecule has 2 N–H and O–H groups in total. The number of Topliss-reactive ketones (excluding diaryl/α,β-unsaturated/α-hetero) is 1. The fraction of sp³-hybridized carbons (Fsp3) is 0.952. The fourth-order valence-electron chi connectivity index (χ4n) is 8.24. The summed E-state index contributed by atoms with van der Waals surface area (Å²) in [5, 5.41) is 10.3. The van der Waals surface area contributed by atoms with Gasteiger partial charge in [0.05, 0.1) is 11.7 Å². The number of fused-ring (bicyclic) bond motifs is 5. The minimum Gasteiger partial charge on any atom is -0.393 e. The zero-order chi connectivity index (χ0) is 20.5. The maximum absolute atomic E-state index is 12.3. The Balaban J connectivity index is 1.70. The average molecular weight is 415 g/mol. The summed E-state index contributed by atoms with van der Waals surface area (Å²) < 4.78 is 38.4. The first-order valence-electron chi connectivity index (χ1n) is 10.8. The van der Waals surface area contributed by atoms with Crippen LogP contribution in [0.1, 0.15) is 78.6 Å². The van der Waals surface area contributed by atoms with Crippen molar-refractivity contribution < 1.29 is 27.1 Å². The molecule has 0 aromatic rings. The summed E-state index contributed by atoms with van der Waals surface area (Å²) in [7, 11) is -4.61. The van der Waals surface area contributed by atoms with Gasteiger partial charge in [0.2, 0.25) is 0 Å². The van der Waals surface area contributed by atoms with E-state index in [1.165, 1.54) is 0 Å². The summed E-state index contributed by atoms with van der Waals surface area (Å²) in [4.78, 5) is 12.3. The zero-order valence-electron chi connectivity index (χ0n) is 17.2. The molecule has 0 heterocycles. The number of ketones is 1. The molecule has 0 aromatic carbocycles. The van der Waals surface area contributed by atoms with E-state index in [1.807, 2.05) is 0 Å². The summed E-state index contributed by atoms with van der Waals surface area (Å²) in [5.74, 6) is 1.66. The highest BCUT2D eigenvalue weighted by Gasteiger charge is 2.66. The van der Waals surface area contributed by atoms with E-state index in [2.05, 4.69) is 13.8 Å². The van der Waals surface area contributed by atoms with Gasteiger partial charge >= 0.3 is 10.4 Å². The van der Waals surface area contributed by atoms with Gasteiger partial charge in [-0.3, -0.25) is 9.35 Å². The standard InChI is InChI=1S/C21H34O6S/c1-13(22)16-4-5-17-15-7-11-21(27-28(24,25)26)12-14(23)6-10-20(21,3)18(15)8-9-19(16,17)2/h14-18,23H,4-12H2,1-3H3,(H,24,25,26)/t14?,15-,16+,17-,18-,19+,20+,21?/m0/s1. The van der Waals surface area contributed by atoms with E-state index >= 15 is 0 Å². The minimum atomic E-state index is -4.61. The van der Waals surface area contributed by atoms with Gasteiger partial charge in [-0.05, 0) is 81.5 Å². The number of aliphatic hydroxyl groups is 1. The maximum atomic E-state index is 12.3. The number of hydrogen-bond acceptors (Lipinski definition) is 5. The molecule has 4 aliphatic rings. The van der Waals surface area contributed by atoms with Crippen LogP contribution >= 0.6 is 0 Å². The highest BCUT2D eigenvalue weighted by atomic mass is 32.3. The van der Waals surface area contributed by atoms with E-state index in [1.54, 1.807) is 6.92 Å². The van der Waals surface area contributed by atoms with E-state index in [0.29, 0.717) is 42.8 Å². The van der Waals surface area contributed by atoms with E-state index in [-0.39, 0.29) is 17.8 Å². The van der Waals surface area contributed by atoms with E-state index in [4.69, 9.17) is 4.18 Å². The number of carbonyl (C=O) groups excluding carboxylic acids is 1. The van der Waals surface area contributed by atoms with Crippen LogP contribution in [0.3, 0.4) is 0 Å². The first-order valence-corrected chi connectivity index (χ1v) is 12.1. The Labute approximate surface area is 168 Å². The summed E-state index contributed by atoms with van der Waals surface area (Å²) in [6.45, 7) is 6.12. The second-order valence-corrected chi connectivity index (χ2v) is 11.5. The summed E-state index contributed by atoms with van der Waals surface area (Å²) in [6, 6.07) is 0. The van der Waals surface area contributed by atoms with Crippen LogP contribution in [0.25, 0.3) is 0 Å². The van der Waals surface area contributed by atoms with Crippen LogP contribution in [0.2, 0.25) is 0 Å². The molecule has 0 aromatic heterocycles. The van der Waals surface area contributed by atoms with Crippen molar-refractivity contribution in [3.63, 3.8) is 0 Å². The molecule has 0 saturated heterocycles. The van der Waals surface area contributed by atoms with Crippen LogP contribution in [0.5, 0.6) is 0 Å². The molecule has 0 amide bonds. The largest absolute Gasteiger partial charge is 0.397 e. The Kier molecular flexibility index (Phi) is 4.82. The predicted octanol–water partition coefficient (Wildman–Crippen LogP) is 3.54. The number of carbonyl (C=O) groups is 1. The van der Waals surface area contributed by atoms with Crippen molar-refractivity contribution in [2.45, 2.75) is 90.3 Å². The van der Waals surface area contributed by atoms with Crippen molar-refractivity contribution in [1.29, 1.82) is 0 Å². The molecule has 0 radical (unpaired) electrons. The van der Waals surface area contributed by atoms with Crippen LogP contribution in [-0.4, -0.2) is 35.6 Å². The second kappa shape index (κ2) is 6.50. The summed E-state index contributed by atoms with van der Waals surface area (Å²) in [5.41, 5.74) is -1.40. The lowest BCUT2D eigenvalue weighted by atomic mass is 9.43. The van der Waals surface area contributed by atoms with Crippen LogP contribution in [-0.2, 0) is 19.4 Å². The van der Waals surface area contributed by atoms with Crippen molar-refractivity contribution in [1.82, 2.24) is 0 Å². The Morgan fingerprint density at radius 2 is 1.71 bits per heavy atom. The van der Waals surface area contributed by atoms with Crippen LogP contribution in [0.15, 0.2) is 0 Å². The van der Waals surface area contributed by atoms with E-state index < -0.39 is 27.5 Å². The molecule has 0 bridgehead atoms. The SMILES string of the molecule is CC(=O)[C@H]1CC[C@H]2[C@@H]3CCC4(OS(=O)(=O)O)CC(O)CC[C@]4(C)[C@H]3CC[C@]12C. The van der Waals surface area contributed by atoms with Gasteiger partial charge in [0, 0.05) is 17.8 Å². The zero-order valence-corrected chi connectivity index (χ0v) is 18.0. The molecule has 160 valence electrons.